The molecule has 0 spiro atoms. The summed E-state index contributed by atoms with van der Waals surface area (Å²) in [7, 11) is 0. The summed E-state index contributed by atoms with van der Waals surface area (Å²) >= 11 is 0. The number of rotatable bonds is 6. The molecule has 1 aromatic carbocycles. The minimum Gasteiger partial charge on any atom is -0.479 e. The second-order valence-corrected chi connectivity index (χ2v) is 5.75. The number of amides is 1. The number of nitrogens with one attached hydrogen (secondary N) is 1. The molecule has 0 saturated heterocycles. The Morgan fingerprint density at radius 1 is 1.17 bits per heavy atom. The zero-order valence-corrected chi connectivity index (χ0v) is 14.4. The summed E-state index contributed by atoms with van der Waals surface area (Å²) < 4.78 is 76.6. The van der Waals surface area contributed by atoms with Crippen molar-refractivity contribution in [1.82, 2.24) is 15.5 Å². The molecule has 0 fully saturated rings. The molecule has 152 valence electrons. The third-order valence-electron chi connectivity index (χ3n) is 3.69. The lowest BCUT2D eigenvalue weighted by molar-refractivity contribution is -0.155. The van der Waals surface area contributed by atoms with Crippen molar-refractivity contribution in [3.05, 3.63) is 77.4 Å². The number of aromatic nitrogens is 2. The van der Waals surface area contributed by atoms with Crippen LogP contribution in [-0.2, 0) is 6.61 Å². The predicted octanol–water partition coefficient (Wildman–Crippen LogP) is 3.96. The first kappa shape index (κ1) is 20.2. The number of hydrogen-bond donors (Lipinski definition) is 1. The van der Waals surface area contributed by atoms with Crippen molar-refractivity contribution in [3.63, 3.8) is 0 Å². The van der Waals surface area contributed by atoms with Gasteiger partial charge in [-0.1, -0.05) is 17.3 Å². The second-order valence-electron chi connectivity index (χ2n) is 5.75. The van der Waals surface area contributed by atoms with Gasteiger partial charge in [0.25, 0.3) is 5.91 Å². The van der Waals surface area contributed by atoms with E-state index in [0.29, 0.717) is 0 Å². The molecule has 0 unspecified atom stereocenters. The highest BCUT2D eigenvalue weighted by Gasteiger charge is 2.42. The van der Waals surface area contributed by atoms with Gasteiger partial charge >= 0.3 is 6.18 Å². The van der Waals surface area contributed by atoms with Crippen molar-refractivity contribution >= 4 is 5.91 Å². The molecule has 0 aliphatic carbocycles. The van der Waals surface area contributed by atoms with Crippen LogP contribution in [0.1, 0.15) is 27.9 Å². The molecular formula is C18H12F5N3O3. The van der Waals surface area contributed by atoms with Crippen molar-refractivity contribution in [3.8, 4) is 5.75 Å². The molecule has 1 atom stereocenters. The second kappa shape index (κ2) is 8.25. The lowest BCUT2D eigenvalue weighted by atomic mass is 10.1. The highest BCUT2D eigenvalue weighted by atomic mass is 19.4. The Labute approximate surface area is 160 Å². The van der Waals surface area contributed by atoms with Crippen LogP contribution in [0.2, 0.25) is 0 Å². The average Bonchev–Trinajstić information content (AvgIpc) is 3.14. The number of halogens is 5. The number of hydrogen-bond acceptors (Lipinski definition) is 5. The number of para-hydroxylation sites is 1. The van der Waals surface area contributed by atoms with Gasteiger partial charge in [0.1, 0.15) is 6.61 Å². The number of carbonyl (C=O) groups excluding carboxylic acids is 1. The quantitative estimate of drug-likeness (QED) is 0.619. The SMILES string of the molecule is O=C(N[C@H](c1cccnc1)C(F)(F)F)c1cc(COc2c(F)cccc2F)on1. The van der Waals surface area contributed by atoms with Crippen LogP contribution >= 0.6 is 0 Å². The van der Waals surface area contributed by atoms with E-state index in [0.717, 1.165) is 36.5 Å². The first-order chi connectivity index (χ1) is 13.8. The van der Waals surface area contributed by atoms with Crippen molar-refractivity contribution < 1.29 is 36.0 Å². The van der Waals surface area contributed by atoms with Crippen LogP contribution in [0, 0.1) is 11.6 Å². The fourth-order valence-electron chi connectivity index (χ4n) is 2.36. The van der Waals surface area contributed by atoms with E-state index in [-0.39, 0.29) is 11.3 Å². The number of ether oxygens (including phenoxy) is 1. The Morgan fingerprint density at radius 3 is 2.52 bits per heavy atom. The predicted molar refractivity (Wildman–Crippen MR) is 87.7 cm³/mol. The van der Waals surface area contributed by atoms with E-state index >= 15 is 0 Å². The van der Waals surface area contributed by atoms with E-state index in [1.165, 1.54) is 12.3 Å². The van der Waals surface area contributed by atoms with Gasteiger partial charge in [-0.25, -0.2) is 8.78 Å². The van der Waals surface area contributed by atoms with Crippen molar-refractivity contribution in [2.75, 3.05) is 0 Å². The molecule has 29 heavy (non-hydrogen) atoms. The maximum Gasteiger partial charge on any atom is 0.412 e. The number of carbonyl (C=O) groups is 1. The van der Waals surface area contributed by atoms with Gasteiger partial charge in [0.2, 0.25) is 0 Å². The molecule has 6 nitrogen and oxygen atoms in total. The van der Waals surface area contributed by atoms with Crippen LogP contribution in [0.5, 0.6) is 5.75 Å². The fraction of sp³-hybridized carbons (Fsp3) is 0.167. The van der Waals surface area contributed by atoms with E-state index in [9.17, 15) is 26.7 Å². The first-order valence-electron chi connectivity index (χ1n) is 8.05. The van der Waals surface area contributed by atoms with Gasteiger partial charge in [-0.2, -0.15) is 13.2 Å². The zero-order valence-electron chi connectivity index (χ0n) is 14.4. The lowest BCUT2D eigenvalue weighted by Gasteiger charge is -2.21. The van der Waals surface area contributed by atoms with Crippen LogP contribution in [0.15, 0.2) is 53.3 Å². The summed E-state index contributed by atoms with van der Waals surface area (Å²) in [6.07, 6.45) is -2.51. The van der Waals surface area contributed by atoms with Gasteiger partial charge < -0.3 is 14.6 Å². The largest absolute Gasteiger partial charge is 0.479 e. The third kappa shape index (κ3) is 4.86. The minimum absolute atomic E-state index is 0.122. The molecule has 0 saturated carbocycles. The van der Waals surface area contributed by atoms with Gasteiger partial charge in [0.05, 0.1) is 0 Å². The van der Waals surface area contributed by atoms with Crippen LogP contribution in [-0.4, -0.2) is 22.2 Å². The monoisotopic (exact) mass is 413 g/mol. The normalized spacial score (nSPS) is 12.4. The molecular weight excluding hydrogens is 401 g/mol. The van der Waals surface area contributed by atoms with E-state index in [1.807, 2.05) is 5.32 Å². The molecule has 0 bridgehead atoms. The van der Waals surface area contributed by atoms with Gasteiger partial charge in [-0.3, -0.25) is 9.78 Å². The van der Waals surface area contributed by atoms with Gasteiger partial charge in [-0.05, 0) is 18.2 Å². The summed E-state index contributed by atoms with van der Waals surface area (Å²) in [5, 5.41) is 5.17. The minimum atomic E-state index is -4.78. The highest BCUT2D eigenvalue weighted by Crippen LogP contribution is 2.32. The Kier molecular flexibility index (Phi) is 5.76. The summed E-state index contributed by atoms with van der Waals surface area (Å²) in [5.41, 5.74) is -0.730. The molecule has 11 heteroatoms. The molecule has 3 rings (SSSR count). The summed E-state index contributed by atoms with van der Waals surface area (Å²) in [5.74, 6) is -3.85. The maximum atomic E-state index is 13.5. The standard InChI is InChI=1S/C18H12F5N3O3/c19-12-4-1-5-13(20)15(12)28-9-11-7-14(26-29-11)17(27)25-16(18(21,22)23)10-3-2-6-24-8-10/h1-8,16H,9H2,(H,25,27)/t16-/m1/s1. The van der Waals surface area contributed by atoms with E-state index in [1.54, 1.807) is 0 Å². The fourth-order valence-corrected chi connectivity index (χ4v) is 2.36. The number of nitrogens with zero attached hydrogens (tertiary/aromatic N) is 2. The van der Waals surface area contributed by atoms with Gasteiger partial charge in [0.15, 0.2) is 34.9 Å². The Hall–Kier alpha value is -3.50. The first-order valence-corrected chi connectivity index (χ1v) is 8.05. The number of benzene rings is 1. The number of alkyl halides is 3. The molecule has 0 aliphatic rings. The highest BCUT2D eigenvalue weighted by molar-refractivity contribution is 5.92. The Balaban J connectivity index is 1.70. The molecule has 0 aliphatic heterocycles. The number of pyridine rings is 1. The summed E-state index contributed by atoms with van der Waals surface area (Å²) in [6.45, 7) is -0.497. The molecule has 3 aromatic rings. The molecule has 1 amide bonds. The van der Waals surface area contributed by atoms with Crippen molar-refractivity contribution in [1.29, 1.82) is 0 Å². The lowest BCUT2D eigenvalue weighted by Crippen LogP contribution is -2.38. The third-order valence-corrected chi connectivity index (χ3v) is 3.69. The van der Waals surface area contributed by atoms with Crippen LogP contribution in [0.4, 0.5) is 22.0 Å². The van der Waals surface area contributed by atoms with Gasteiger partial charge in [0, 0.05) is 24.0 Å². The topological polar surface area (TPSA) is 77.2 Å². The van der Waals surface area contributed by atoms with Crippen LogP contribution < -0.4 is 10.1 Å². The summed E-state index contributed by atoms with van der Waals surface area (Å²) in [4.78, 5) is 15.8. The van der Waals surface area contributed by atoms with Crippen LogP contribution in [0.3, 0.4) is 0 Å². The van der Waals surface area contributed by atoms with E-state index in [4.69, 9.17) is 9.26 Å². The van der Waals surface area contributed by atoms with Crippen LogP contribution in [0.25, 0.3) is 0 Å². The van der Waals surface area contributed by atoms with Crippen molar-refractivity contribution in [2.45, 2.75) is 18.8 Å². The van der Waals surface area contributed by atoms with E-state index < -0.39 is 47.8 Å². The molecule has 1 N–H and O–H groups in total. The van der Waals surface area contributed by atoms with Crippen molar-refractivity contribution in [2.24, 2.45) is 0 Å². The summed E-state index contributed by atoms with van der Waals surface area (Å²) in [6, 6.07) is 4.26. The Morgan fingerprint density at radius 2 is 1.90 bits per heavy atom. The molecule has 2 heterocycles. The maximum absolute atomic E-state index is 13.5. The zero-order chi connectivity index (χ0) is 21.0. The Bertz CT molecular complexity index is 972. The van der Waals surface area contributed by atoms with E-state index in [2.05, 4.69) is 10.1 Å². The molecule has 2 aromatic heterocycles. The van der Waals surface area contributed by atoms with Gasteiger partial charge in [-0.15, -0.1) is 0 Å². The smallest absolute Gasteiger partial charge is 0.412 e. The molecule has 0 radical (unpaired) electrons. The average molecular weight is 413 g/mol.